The van der Waals surface area contributed by atoms with Gasteiger partial charge < -0.3 is 10.1 Å². The Bertz CT molecular complexity index is 493. The molecule has 0 saturated heterocycles. The van der Waals surface area contributed by atoms with Crippen LogP contribution in [0.5, 0.6) is 0 Å². The van der Waals surface area contributed by atoms with E-state index in [1.54, 1.807) is 31.2 Å². The van der Waals surface area contributed by atoms with E-state index in [0.717, 1.165) is 5.56 Å². The van der Waals surface area contributed by atoms with Crippen LogP contribution in [0.4, 0.5) is 0 Å². The highest BCUT2D eigenvalue weighted by molar-refractivity contribution is 5.83. The third kappa shape index (κ3) is 3.08. The van der Waals surface area contributed by atoms with Crippen LogP contribution in [0, 0.1) is 11.3 Å². The molecule has 5 nitrogen and oxygen atoms in total. The highest BCUT2D eigenvalue weighted by Crippen LogP contribution is 2.15. The predicted molar refractivity (Wildman–Crippen MR) is 64.5 cm³/mol. The van der Waals surface area contributed by atoms with Crippen molar-refractivity contribution < 1.29 is 14.3 Å². The van der Waals surface area contributed by atoms with Crippen LogP contribution in [-0.2, 0) is 20.7 Å². The van der Waals surface area contributed by atoms with E-state index in [4.69, 9.17) is 5.26 Å². The van der Waals surface area contributed by atoms with Gasteiger partial charge in [0, 0.05) is 6.42 Å². The average Bonchev–Trinajstić information content (AvgIpc) is 2.38. The number of ether oxygens (including phenoxy) is 1. The number of nitriles is 1. The van der Waals surface area contributed by atoms with Crippen molar-refractivity contribution in [1.29, 1.82) is 5.26 Å². The number of hydrogen-bond acceptors (Lipinski definition) is 4. The molecule has 0 unspecified atom stereocenters. The number of carbonyl (C=O) groups is 2. The number of rotatable bonds is 5. The van der Waals surface area contributed by atoms with Gasteiger partial charge in [-0.05, 0) is 24.6 Å². The van der Waals surface area contributed by atoms with Gasteiger partial charge in [-0.25, -0.2) is 4.79 Å². The van der Waals surface area contributed by atoms with Crippen LogP contribution in [0.25, 0.3) is 0 Å². The fourth-order valence-corrected chi connectivity index (χ4v) is 1.70. The van der Waals surface area contributed by atoms with Crippen LogP contribution in [0.2, 0.25) is 0 Å². The van der Waals surface area contributed by atoms with E-state index in [9.17, 15) is 9.59 Å². The van der Waals surface area contributed by atoms with Gasteiger partial charge >= 0.3 is 5.97 Å². The third-order valence-corrected chi connectivity index (χ3v) is 2.63. The summed E-state index contributed by atoms with van der Waals surface area (Å²) in [5.74, 6) is -0.531. The van der Waals surface area contributed by atoms with Crippen LogP contribution >= 0.6 is 0 Å². The molecule has 5 heteroatoms. The summed E-state index contributed by atoms with van der Waals surface area (Å²) in [5.41, 5.74) is 0.145. The lowest BCUT2D eigenvalue weighted by Gasteiger charge is -2.25. The second kappa shape index (κ2) is 5.82. The molecule has 0 bridgehead atoms. The van der Waals surface area contributed by atoms with E-state index < -0.39 is 11.5 Å². The van der Waals surface area contributed by atoms with Crippen LogP contribution < -0.4 is 5.32 Å². The molecule has 0 aromatic heterocycles. The third-order valence-electron chi connectivity index (χ3n) is 2.63. The van der Waals surface area contributed by atoms with Crippen molar-refractivity contribution in [2.75, 3.05) is 7.11 Å². The van der Waals surface area contributed by atoms with Crippen LogP contribution in [-0.4, -0.2) is 25.0 Å². The number of carbonyl (C=O) groups excluding carboxylic acids is 2. The summed E-state index contributed by atoms with van der Waals surface area (Å²) in [6.45, 7) is 1.58. The summed E-state index contributed by atoms with van der Waals surface area (Å²) in [6.07, 6.45) is 0.721. The van der Waals surface area contributed by atoms with Crippen LogP contribution in [0.15, 0.2) is 24.3 Å². The number of esters is 1. The molecule has 1 amide bonds. The van der Waals surface area contributed by atoms with Crippen molar-refractivity contribution in [2.24, 2.45) is 0 Å². The number of hydrogen-bond donors (Lipinski definition) is 1. The van der Waals surface area contributed by atoms with Crippen LogP contribution in [0.3, 0.4) is 0 Å². The summed E-state index contributed by atoms with van der Waals surface area (Å²) in [7, 11) is 1.26. The lowest BCUT2D eigenvalue weighted by atomic mass is 9.92. The molecule has 0 spiro atoms. The molecule has 1 aromatic carbocycles. The van der Waals surface area contributed by atoms with Gasteiger partial charge in [0.2, 0.25) is 6.41 Å². The van der Waals surface area contributed by atoms with E-state index in [0.29, 0.717) is 12.0 Å². The van der Waals surface area contributed by atoms with E-state index in [1.165, 1.54) is 7.11 Å². The number of nitrogens with zero attached hydrogens (tertiary/aromatic N) is 1. The quantitative estimate of drug-likeness (QED) is 0.615. The first-order valence-corrected chi connectivity index (χ1v) is 5.34. The van der Waals surface area contributed by atoms with Gasteiger partial charge in [-0.1, -0.05) is 12.1 Å². The molecule has 0 fully saturated rings. The van der Waals surface area contributed by atoms with Crippen molar-refractivity contribution in [3.05, 3.63) is 35.4 Å². The van der Waals surface area contributed by atoms with Crippen molar-refractivity contribution in [2.45, 2.75) is 18.9 Å². The molecule has 0 aliphatic heterocycles. The molecule has 0 aliphatic rings. The van der Waals surface area contributed by atoms with Gasteiger partial charge in [-0.2, -0.15) is 5.26 Å². The van der Waals surface area contributed by atoms with Gasteiger partial charge in [0.05, 0.1) is 18.7 Å². The normalized spacial score (nSPS) is 12.9. The second-order valence-corrected chi connectivity index (χ2v) is 4.07. The number of benzene rings is 1. The summed E-state index contributed by atoms with van der Waals surface area (Å²) in [4.78, 5) is 22.3. The predicted octanol–water partition coefficient (Wildman–Crippen LogP) is 0.778. The maximum Gasteiger partial charge on any atom is 0.331 e. The Hall–Kier alpha value is -2.35. The monoisotopic (exact) mass is 246 g/mol. The van der Waals surface area contributed by atoms with Gasteiger partial charge in [0.1, 0.15) is 5.54 Å². The van der Waals surface area contributed by atoms with Gasteiger partial charge in [-0.15, -0.1) is 0 Å². The number of amides is 1. The standard InChI is InChI=1S/C13H14N2O3/c1-13(15-9-16,12(17)18-2)7-10-4-3-5-11(6-10)8-14/h3-6,9H,7H2,1-2H3,(H,15,16)/t13-/m1/s1. The van der Waals surface area contributed by atoms with E-state index in [1.807, 2.05) is 6.07 Å². The Morgan fingerprint density at radius 1 is 1.61 bits per heavy atom. The molecular weight excluding hydrogens is 232 g/mol. The molecule has 0 saturated carbocycles. The molecule has 0 heterocycles. The minimum Gasteiger partial charge on any atom is -0.467 e. The average molecular weight is 246 g/mol. The van der Waals surface area contributed by atoms with E-state index in [-0.39, 0.29) is 6.42 Å². The molecule has 1 aromatic rings. The van der Waals surface area contributed by atoms with Crippen molar-refractivity contribution in [3.8, 4) is 6.07 Å². The van der Waals surface area contributed by atoms with Gasteiger partial charge in [-0.3, -0.25) is 4.79 Å². The Morgan fingerprint density at radius 2 is 2.33 bits per heavy atom. The topological polar surface area (TPSA) is 79.2 Å². The summed E-state index contributed by atoms with van der Waals surface area (Å²) >= 11 is 0. The van der Waals surface area contributed by atoms with Crippen molar-refractivity contribution in [1.82, 2.24) is 5.32 Å². The first-order valence-electron chi connectivity index (χ1n) is 5.34. The Balaban J connectivity index is 2.99. The number of nitrogens with one attached hydrogen (secondary N) is 1. The molecule has 1 N–H and O–H groups in total. The maximum absolute atomic E-state index is 11.7. The van der Waals surface area contributed by atoms with Crippen LogP contribution in [0.1, 0.15) is 18.1 Å². The highest BCUT2D eigenvalue weighted by atomic mass is 16.5. The Labute approximate surface area is 105 Å². The maximum atomic E-state index is 11.7. The van der Waals surface area contributed by atoms with E-state index in [2.05, 4.69) is 10.1 Å². The van der Waals surface area contributed by atoms with Gasteiger partial charge in [0.15, 0.2) is 0 Å². The van der Waals surface area contributed by atoms with Gasteiger partial charge in [0.25, 0.3) is 0 Å². The Morgan fingerprint density at radius 3 is 2.89 bits per heavy atom. The minimum atomic E-state index is -1.13. The number of methoxy groups -OCH3 is 1. The van der Waals surface area contributed by atoms with E-state index >= 15 is 0 Å². The molecule has 1 rings (SSSR count). The minimum absolute atomic E-state index is 0.258. The fraction of sp³-hybridized carbons (Fsp3) is 0.308. The molecule has 1 atom stereocenters. The molecule has 0 aliphatic carbocycles. The zero-order valence-electron chi connectivity index (χ0n) is 10.3. The fourth-order valence-electron chi connectivity index (χ4n) is 1.70. The lowest BCUT2D eigenvalue weighted by Crippen LogP contribution is -2.51. The zero-order valence-corrected chi connectivity index (χ0v) is 10.3. The Kier molecular flexibility index (Phi) is 4.44. The van der Waals surface area contributed by atoms with Crippen molar-refractivity contribution >= 4 is 12.4 Å². The lowest BCUT2D eigenvalue weighted by molar-refractivity contribution is -0.148. The second-order valence-electron chi connectivity index (χ2n) is 4.07. The first kappa shape index (κ1) is 13.7. The summed E-state index contributed by atoms with van der Waals surface area (Å²) in [5, 5.41) is 11.3. The largest absolute Gasteiger partial charge is 0.467 e. The van der Waals surface area contributed by atoms with Crippen molar-refractivity contribution in [3.63, 3.8) is 0 Å². The smallest absolute Gasteiger partial charge is 0.331 e. The molecular formula is C13H14N2O3. The highest BCUT2D eigenvalue weighted by Gasteiger charge is 2.34. The molecule has 18 heavy (non-hydrogen) atoms. The summed E-state index contributed by atoms with van der Waals surface area (Å²) in [6, 6.07) is 8.88. The SMILES string of the molecule is COC(=O)[C@@](C)(Cc1cccc(C#N)c1)NC=O. The zero-order chi connectivity index (χ0) is 13.6. The first-order chi connectivity index (χ1) is 8.55. The summed E-state index contributed by atoms with van der Waals surface area (Å²) < 4.78 is 4.67. The molecule has 94 valence electrons. The molecule has 0 radical (unpaired) electrons.